The van der Waals surface area contributed by atoms with Crippen LogP contribution in [0.25, 0.3) is 10.9 Å². The number of fused-ring (bicyclic) bond motifs is 1. The van der Waals surface area contributed by atoms with Gasteiger partial charge in [0.25, 0.3) is 11.5 Å². The van der Waals surface area contributed by atoms with Crippen molar-refractivity contribution in [3.63, 3.8) is 0 Å². The lowest BCUT2D eigenvalue weighted by atomic mass is 10.1. The van der Waals surface area contributed by atoms with Gasteiger partial charge in [0.05, 0.1) is 10.9 Å². The molecule has 8 heteroatoms. The Morgan fingerprint density at radius 1 is 1.10 bits per heavy atom. The van der Waals surface area contributed by atoms with Crippen LogP contribution in [0.1, 0.15) is 17.3 Å². The molecule has 6 nitrogen and oxygen atoms in total. The number of hydrogen-bond acceptors (Lipinski definition) is 4. The van der Waals surface area contributed by atoms with Crippen molar-refractivity contribution in [1.82, 2.24) is 14.5 Å². The van der Waals surface area contributed by atoms with Crippen molar-refractivity contribution in [3.05, 3.63) is 69.0 Å². The number of aromatic amines is 1. The number of amides is 1. The second-order valence-corrected chi connectivity index (χ2v) is 7.38. The van der Waals surface area contributed by atoms with Crippen LogP contribution in [0.15, 0.2) is 47.3 Å². The first-order valence-corrected chi connectivity index (χ1v) is 9.95. The van der Waals surface area contributed by atoms with Crippen molar-refractivity contribution in [2.45, 2.75) is 13.5 Å². The van der Waals surface area contributed by atoms with Gasteiger partial charge in [-0.25, -0.2) is 4.39 Å². The van der Waals surface area contributed by atoms with E-state index in [2.05, 4.69) is 9.88 Å². The second kappa shape index (κ2) is 7.79. The number of H-pyrrole nitrogens is 1. The maximum atomic E-state index is 13.1. The molecule has 0 saturated carbocycles. The highest BCUT2D eigenvalue weighted by Gasteiger charge is 2.23. The minimum Gasteiger partial charge on any atom is -0.368 e. The number of carbonyl (C=O) groups excluding carboxylic acids is 1. The molecule has 0 spiro atoms. The summed E-state index contributed by atoms with van der Waals surface area (Å²) in [5, 5.41) is 0.512. The number of halogens is 1. The van der Waals surface area contributed by atoms with Crippen molar-refractivity contribution in [1.29, 1.82) is 0 Å². The number of carbonyl (C=O) groups is 1. The minimum atomic E-state index is -0.261. The molecule has 0 bridgehead atoms. The molecule has 1 aliphatic rings. The molecule has 29 heavy (non-hydrogen) atoms. The fourth-order valence-electron chi connectivity index (χ4n) is 3.68. The molecule has 3 aromatic rings. The number of nitrogens with zero attached hydrogens (tertiary/aromatic N) is 3. The van der Waals surface area contributed by atoms with Gasteiger partial charge >= 0.3 is 0 Å². The summed E-state index contributed by atoms with van der Waals surface area (Å²) in [5.41, 5.74) is 1.88. The lowest BCUT2D eigenvalue weighted by Crippen LogP contribution is -2.48. The van der Waals surface area contributed by atoms with Crippen LogP contribution in [-0.4, -0.2) is 46.5 Å². The van der Waals surface area contributed by atoms with Crippen molar-refractivity contribution in [2.24, 2.45) is 0 Å². The molecule has 0 unspecified atom stereocenters. The largest absolute Gasteiger partial charge is 0.368 e. The summed E-state index contributed by atoms with van der Waals surface area (Å²) in [6, 6.07) is 11.5. The van der Waals surface area contributed by atoms with E-state index in [1.54, 1.807) is 35.2 Å². The van der Waals surface area contributed by atoms with E-state index in [4.69, 9.17) is 12.2 Å². The summed E-state index contributed by atoms with van der Waals surface area (Å²) >= 11 is 5.25. The van der Waals surface area contributed by atoms with E-state index in [9.17, 15) is 14.0 Å². The van der Waals surface area contributed by atoms with Gasteiger partial charge in [-0.2, -0.15) is 0 Å². The van der Waals surface area contributed by atoms with Crippen LogP contribution < -0.4 is 10.5 Å². The monoisotopic (exact) mass is 412 g/mol. The summed E-state index contributed by atoms with van der Waals surface area (Å²) in [4.78, 5) is 32.4. The maximum Gasteiger partial charge on any atom is 0.262 e. The predicted octanol–water partition coefficient (Wildman–Crippen LogP) is 3.18. The van der Waals surface area contributed by atoms with E-state index in [0.29, 0.717) is 54.0 Å². The minimum absolute atomic E-state index is 0.0790. The van der Waals surface area contributed by atoms with E-state index in [1.165, 1.54) is 16.7 Å². The lowest BCUT2D eigenvalue weighted by Gasteiger charge is -2.36. The average Bonchev–Trinajstić information content (AvgIpc) is 2.74. The first-order chi connectivity index (χ1) is 14.0. The topological polar surface area (TPSA) is 61.3 Å². The number of rotatable bonds is 3. The summed E-state index contributed by atoms with van der Waals surface area (Å²) in [6.45, 7) is 4.84. The standard InChI is InChI=1S/C21H21FN4O2S/c1-2-26-20(28)17-8-3-14(13-18(17)23-21(26)29)19(27)25-11-9-24(10-12-25)16-6-4-15(22)5-7-16/h3-8,13H,2,9-12H2,1H3,(H,23,29). The molecule has 1 aromatic heterocycles. The van der Waals surface area contributed by atoms with E-state index >= 15 is 0 Å². The Balaban J connectivity index is 1.53. The van der Waals surface area contributed by atoms with E-state index < -0.39 is 0 Å². The number of aromatic nitrogens is 2. The fraction of sp³-hybridized carbons (Fsp3) is 0.286. The number of benzene rings is 2. The van der Waals surface area contributed by atoms with Crippen molar-refractivity contribution in [2.75, 3.05) is 31.1 Å². The van der Waals surface area contributed by atoms with Gasteiger partial charge in [-0.15, -0.1) is 0 Å². The SMILES string of the molecule is CCn1c(=S)[nH]c2cc(C(=O)N3CCN(c4ccc(F)cc4)CC3)ccc2c1=O. The Morgan fingerprint density at radius 3 is 2.45 bits per heavy atom. The van der Waals surface area contributed by atoms with E-state index in [-0.39, 0.29) is 17.3 Å². The van der Waals surface area contributed by atoms with Gasteiger partial charge in [0.2, 0.25) is 0 Å². The molecule has 1 fully saturated rings. The zero-order valence-corrected chi connectivity index (χ0v) is 16.8. The summed E-state index contributed by atoms with van der Waals surface area (Å²) in [7, 11) is 0. The highest BCUT2D eigenvalue weighted by atomic mass is 32.1. The molecule has 4 rings (SSSR count). The third-order valence-electron chi connectivity index (χ3n) is 5.30. The molecule has 1 amide bonds. The molecule has 0 radical (unpaired) electrons. The van der Waals surface area contributed by atoms with Gasteiger partial charge in [0.15, 0.2) is 4.77 Å². The van der Waals surface area contributed by atoms with Gasteiger partial charge < -0.3 is 14.8 Å². The van der Waals surface area contributed by atoms with E-state index in [1.807, 2.05) is 6.92 Å². The molecule has 2 heterocycles. The molecule has 150 valence electrons. The zero-order chi connectivity index (χ0) is 20.5. The van der Waals surface area contributed by atoms with Crippen LogP contribution in [0.2, 0.25) is 0 Å². The number of anilines is 1. The van der Waals surface area contributed by atoms with Crippen LogP contribution in [-0.2, 0) is 6.54 Å². The van der Waals surface area contributed by atoms with Crippen LogP contribution in [0.3, 0.4) is 0 Å². The third-order valence-corrected chi connectivity index (χ3v) is 5.63. The van der Waals surface area contributed by atoms with Gasteiger partial charge in [-0.05, 0) is 61.6 Å². The van der Waals surface area contributed by atoms with Crippen LogP contribution in [0.5, 0.6) is 0 Å². The molecular weight excluding hydrogens is 391 g/mol. The summed E-state index contributed by atoms with van der Waals surface area (Å²) < 4.78 is 15.0. The zero-order valence-electron chi connectivity index (χ0n) is 16.0. The Hall–Kier alpha value is -3.00. The number of piperazine rings is 1. The Labute approximate surface area is 172 Å². The second-order valence-electron chi connectivity index (χ2n) is 7.00. The van der Waals surface area contributed by atoms with Gasteiger partial charge in [-0.1, -0.05) is 0 Å². The Morgan fingerprint density at radius 2 is 1.79 bits per heavy atom. The van der Waals surface area contributed by atoms with Gasteiger partial charge in [0.1, 0.15) is 5.82 Å². The van der Waals surface area contributed by atoms with Crippen LogP contribution in [0.4, 0.5) is 10.1 Å². The van der Waals surface area contributed by atoms with Crippen LogP contribution in [0, 0.1) is 10.6 Å². The predicted molar refractivity (Wildman–Crippen MR) is 114 cm³/mol. The molecule has 1 aliphatic heterocycles. The quantitative estimate of drug-likeness (QED) is 0.672. The van der Waals surface area contributed by atoms with Gasteiger partial charge in [0, 0.05) is 44.0 Å². The third kappa shape index (κ3) is 3.67. The molecule has 0 atom stereocenters. The average molecular weight is 412 g/mol. The summed E-state index contributed by atoms with van der Waals surface area (Å²) in [6.07, 6.45) is 0. The molecule has 1 N–H and O–H groups in total. The molecule has 2 aromatic carbocycles. The lowest BCUT2D eigenvalue weighted by molar-refractivity contribution is 0.0747. The Bertz CT molecular complexity index is 1180. The van der Waals surface area contributed by atoms with Crippen molar-refractivity contribution in [3.8, 4) is 0 Å². The summed E-state index contributed by atoms with van der Waals surface area (Å²) in [5.74, 6) is -0.340. The molecule has 1 saturated heterocycles. The molecular formula is C21H21FN4O2S. The highest BCUT2D eigenvalue weighted by molar-refractivity contribution is 7.71. The maximum absolute atomic E-state index is 13.1. The van der Waals surface area contributed by atoms with Crippen molar-refractivity contribution < 1.29 is 9.18 Å². The van der Waals surface area contributed by atoms with Crippen molar-refractivity contribution >= 4 is 34.7 Å². The number of hydrogen-bond donors (Lipinski definition) is 1. The van der Waals surface area contributed by atoms with Crippen LogP contribution >= 0.6 is 12.2 Å². The fourth-order valence-corrected chi connectivity index (χ4v) is 4.00. The Kier molecular flexibility index (Phi) is 5.19. The smallest absolute Gasteiger partial charge is 0.262 e. The normalized spacial score (nSPS) is 14.4. The first-order valence-electron chi connectivity index (χ1n) is 9.54. The highest BCUT2D eigenvalue weighted by Crippen LogP contribution is 2.19. The first kappa shape index (κ1) is 19.3. The molecule has 0 aliphatic carbocycles. The van der Waals surface area contributed by atoms with E-state index in [0.717, 1.165) is 5.69 Å². The van der Waals surface area contributed by atoms with Gasteiger partial charge in [-0.3, -0.25) is 14.2 Å². The number of nitrogens with one attached hydrogen (secondary N) is 1.